The molecule has 0 radical (unpaired) electrons. The van der Waals surface area contributed by atoms with Gasteiger partial charge in [0.15, 0.2) is 5.78 Å². The lowest BCUT2D eigenvalue weighted by Crippen LogP contribution is -2.56. The number of aliphatic hydroxyl groups is 1. The molecule has 0 aromatic heterocycles. The summed E-state index contributed by atoms with van der Waals surface area (Å²) in [5.74, 6) is -0.635. The van der Waals surface area contributed by atoms with Gasteiger partial charge in [0, 0.05) is 11.5 Å². The largest absolute Gasteiger partial charge is 0.457 e. The van der Waals surface area contributed by atoms with E-state index >= 15 is 0 Å². The lowest BCUT2D eigenvalue weighted by Gasteiger charge is -2.43. The zero-order valence-electron chi connectivity index (χ0n) is 12.1. The molecule has 5 atom stereocenters. The van der Waals surface area contributed by atoms with E-state index in [0.717, 1.165) is 12.8 Å². The van der Waals surface area contributed by atoms with E-state index in [-0.39, 0.29) is 23.6 Å². The highest BCUT2D eigenvalue weighted by Gasteiger charge is 2.66. The highest BCUT2D eigenvalue weighted by atomic mass is 16.6. The summed E-state index contributed by atoms with van der Waals surface area (Å²) in [7, 11) is 0. The van der Waals surface area contributed by atoms with E-state index in [1.54, 1.807) is 19.1 Å². The first-order valence-electron chi connectivity index (χ1n) is 7.19. The van der Waals surface area contributed by atoms with Crippen molar-refractivity contribution in [2.75, 3.05) is 0 Å². The predicted molar refractivity (Wildman–Crippen MR) is 72.7 cm³/mol. The highest BCUT2D eigenvalue weighted by Crippen LogP contribution is 2.56. The fourth-order valence-electron chi connectivity index (χ4n) is 4.18. The van der Waals surface area contributed by atoms with E-state index in [1.165, 1.54) is 6.08 Å². The van der Waals surface area contributed by atoms with E-state index in [1.807, 2.05) is 13.8 Å². The number of hydrogen-bond acceptors (Lipinski definition) is 4. The van der Waals surface area contributed by atoms with Gasteiger partial charge in [-0.25, -0.2) is 4.79 Å². The zero-order valence-corrected chi connectivity index (χ0v) is 12.1. The maximum Gasteiger partial charge on any atom is 0.334 e. The molecule has 0 aromatic rings. The first-order valence-corrected chi connectivity index (χ1v) is 7.19. The van der Waals surface area contributed by atoms with E-state index in [4.69, 9.17) is 4.74 Å². The summed E-state index contributed by atoms with van der Waals surface area (Å²) in [6.45, 7) is 5.51. The third kappa shape index (κ3) is 1.35. The van der Waals surface area contributed by atoms with Crippen LogP contribution in [0, 0.1) is 17.3 Å². The average Bonchev–Trinajstić information content (AvgIpc) is 2.84. The fourth-order valence-corrected chi connectivity index (χ4v) is 4.18. The molecule has 4 heteroatoms. The normalized spacial score (nSPS) is 49.0. The third-order valence-corrected chi connectivity index (χ3v) is 5.61. The van der Waals surface area contributed by atoms with Gasteiger partial charge in [-0.15, -0.1) is 0 Å². The maximum atomic E-state index is 12.4. The SMILES string of the molecule is C/C=C1\C(=O)O[C@@H]2[C@H]1CC[C@H](C)[C@]1(O)C=CC(=O)[C@@]21C. The van der Waals surface area contributed by atoms with Gasteiger partial charge in [0.25, 0.3) is 0 Å². The van der Waals surface area contributed by atoms with Crippen molar-refractivity contribution >= 4 is 11.8 Å². The van der Waals surface area contributed by atoms with Crippen molar-refractivity contribution in [3.8, 4) is 0 Å². The van der Waals surface area contributed by atoms with Crippen LogP contribution in [-0.4, -0.2) is 28.6 Å². The fraction of sp³-hybridized carbons (Fsp3) is 0.625. The van der Waals surface area contributed by atoms with Crippen LogP contribution in [0.1, 0.15) is 33.6 Å². The van der Waals surface area contributed by atoms with Crippen LogP contribution in [0.5, 0.6) is 0 Å². The molecule has 1 N–H and O–H groups in total. The molecule has 0 aromatic carbocycles. The minimum Gasteiger partial charge on any atom is -0.457 e. The van der Waals surface area contributed by atoms with Crippen molar-refractivity contribution in [2.24, 2.45) is 17.3 Å². The van der Waals surface area contributed by atoms with Gasteiger partial charge in [0.2, 0.25) is 0 Å². The first-order chi connectivity index (χ1) is 9.36. The Hall–Kier alpha value is -1.42. The van der Waals surface area contributed by atoms with Crippen LogP contribution in [0.2, 0.25) is 0 Å². The van der Waals surface area contributed by atoms with Crippen molar-refractivity contribution in [3.63, 3.8) is 0 Å². The summed E-state index contributed by atoms with van der Waals surface area (Å²) >= 11 is 0. The second-order valence-corrected chi connectivity index (χ2v) is 6.38. The van der Waals surface area contributed by atoms with Gasteiger partial charge >= 0.3 is 5.97 Å². The Morgan fingerprint density at radius 3 is 2.75 bits per heavy atom. The number of hydrogen-bond donors (Lipinski definition) is 1. The number of ether oxygens (including phenoxy) is 1. The summed E-state index contributed by atoms with van der Waals surface area (Å²) in [5, 5.41) is 11.1. The molecule has 4 nitrogen and oxygen atoms in total. The summed E-state index contributed by atoms with van der Waals surface area (Å²) in [6.07, 6.45) is 5.77. The van der Waals surface area contributed by atoms with Gasteiger partial charge in [0.05, 0.1) is 0 Å². The van der Waals surface area contributed by atoms with Gasteiger partial charge in [-0.3, -0.25) is 4.79 Å². The lowest BCUT2D eigenvalue weighted by atomic mass is 9.65. The van der Waals surface area contributed by atoms with Crippen LogP contribution in [0.15, 0.2) is 23.8 Å². The van der Waals surface area contributed by atoms with E-state index in [9.17, 15) is 14.7 Å². The van der Waals surface area contributed by atoms with E-state index < -0.39 is 17.1 Å². The van der Waals surface area contributed by atoms with Crippen molar-refractivity contribution in [3.05, 3.63) is 23.8 Å². The Morgan fingerprint density at radius 1 is 1.40 bits per heavy atom. The van der Waals surface area contributed by atoms with Crippen molar-refractivity contribution in [2.45, 2.75) is 45.3 Å². The molecule has 108 valence electrons. The summed E-state index contributed by atoms with van der Waals surface area (Å²) in [4.78, 5) is 24.4. The second-order valence-electron chi connectivity index (χ2n) is 6.38. The molecule has 1 saturated heterocycles. The molecule has 1 saturated carbocycles. The Balaban J connectivity index is 2.16. The number of ketones is 1. The van der Waals surface area contributed by atoms with E-state index in [2.05, 4.69) is 0 Å². The van der Waals surface area contributed by atoms with Gasteiger partial charge in [0.1, 0.15) is 17.1 Å². The topological polar surface area (TPSA) is 63.6 Å². The first kappa shape index (κ1) is 13.6. The van der Waals surface area contributed by atoms with Gasteiger partial charge < -0.3 is 9.84 Å². The van der Waals surface area contributed by atoms with Gasteiger partial charge in [-0.05, 0) is 44.8 Å². The molecular formula is C16H20O4. The predicted octanol–water partition coefficient (Wildman–Crippen LogP) is 1.78. The molecule has 0 amide bonds. The molecule has 2 aliphatic carbocycles. The number of fused-ring (bicyclic) bond motifs is 3. The van der Waals surface area contributed by atoms with Crippen LogP contribution in [-0.2, 0) is 14.3 Å². The minimum atomic E-state index is -1.23. The molecule has 3 aliphatic rings. The molecule has 0 unspecified atom stereocenters. The number of esters is 1. The van der Waals surface area contributed by atoms with E-state index in [0.29, 0.717) is 5.57 Å². The lowest BCUT2D eigenvalue weighted by molar-refractivity contribution is -0.165. The molecule has 20 heavy (non-hydrogen) atoms. The smallest absolute Gasteiger partial charge is 0.334 e. The average molecular weight is 276 g/mol. The van der Waals surface area contributed by atoms with Crippen molar-refractivity contribution < 1.29 is 19.4 Å². The number of carbonyl (C=O) groups excluding carboxylic acids is 2. The Kier molecular flexibility index (Phi) is 2.74. The second kappa shape index (κ2) is 4.04. The van der Waals surface area contributed by atoms with Crippen LogP contribution >= 0.6 is 0 Å². The molecule has 0 spiro atoms. The third-order valence-electron chi connectivity index (χ3n) is 5.61. The Bertz CT molecular complexity index is 547. The molecule has 0 bridgehead atoms. The maximum absolute atomic E-state index is 12.4. The molecule has 3 rings (SSSR count). The molecule has 2 fully saturated rings. The highest BCUT2D eigenvalue weighted by molar-refractivity contribution is 6.01. The molecule has 1 aliphatic heterocycles. The quantitative estimate of drug-likeness (QED) is 0.541. The molecule has 1 heterocycles. The number of carbonyl (C=O) groups is 2. The van der Waals surface area contributed by atoms with Crippen LogP contribution in [0.25, 0.3) is 0 Å². The monoisotopic (exact) mass is 276 g/mol. The zero-order chi connectivity index (χ0) is 14.7. The van der Waals surface area contributed by atoms with Crippen LogP contribution in [0.4, 0.5) is 0 Å². The Morgan fingerprint density at radius 2 is 2.10 bits per heavy atom. The summed E-state index contributed by atoms with van der Waals surface area (Å²) in [5.41, 5.74) is -1.66. The van der Waals surface area contributed by atoms with Crippen LogP contribution in [0.3, 0.4) is 0 Å². The minimum absolute atomic E-state index is 0.0439. The van der Waals surface area contributed by atoms with Gasteiger partial charge in [-0.2, -0.15) is 0 Å². The number of rotatable bonds is 0. The van der Waals surface area contributed by atoms with Crippen molar-refractivity contribution in [1.29, 1.82) is 0 Å². The number of allylic oxidation sites excluding steroid dienone is 2. The summed E-state index contributed by atoms with van der Waals surface area (Å²) < 4.78 is 5.52. The summed E-state index contributed by atoms with van der Waals surface area (Å²) in [6, 6.07) is 0. The standard InChI is InChI=1S/C16H20O4/c1-4-10-11-6-5-9(2)16(19)8-7-12(17)15(16,3)13(11)20-14(10)18/h4,7-9,11,13,19H,5-6H2,1-3H3/b10-4-/t9-,11-,13+,15-,16+/m0/s1. The van der Waals surface area contributed by atoms with Gasteiger partial charge in [-0.1, -0.05) is 13.0 Å². The Labute approximate surface area is 118 Å². The van der Waals surface area contributed by atoms with Crippen LogP contribution < -0.4 is 0 Å². The van der Waals surface area contributed by atoms with Crippen molar-refractivity contribution in [1.82, 2.24) is 0 Å². The molecular weight excluding hydrogens is 256 g/mol.